The van der Waals surface area contributed by atoms with Crippen LogP contribution in [0.2, 0.25) is 0 Å². The molecule has 0 N–H and O–H groups in total. The van der Waals surface area contributed by atoms with E-state index in [1.807, 2.05) is 28.1 Å². The Labute approximate surface area is 126 Å². The Hall–Kier alpha value is -0.170. The first-order valence-corrected chi connectivity index (χ1v) is 7.83. The van der Waals surface area contributed by atoms with Crippen LogP contribution in [0.3, 0.4) is 0 Å². The van der Waals surface area contributed by atoms with Crippen molar-refractivity contribution in [3.8, 4) is 0 Å². The molecule has 3 rings (SSSR count). The molecule has 0 saturated heterocycles. The molecule has 3 aromatic rings. The monoisotopic (exact) mass is 435 g/mol. The van der Waals surface area contributed by atoms with Gasteiger partial charge in [-0.2, -0.15) is 0 Å². The number of fused-ring (bicyclic) bond motifs is 2. The van der Waals surface area contributed by atoms with Gasteiger partial charge < -0.3 is 0 Å². The Kier molecular flexibility index (Phi) is 2.93. The molecule has 0 aliphatic rings. The molecular formula is C11H4Br3NOS. The maximum Gasteiger partial charge on any atom is 0.213 e. The van der Waals surface area contributed by atoms with Crippen LogP contribution < -0.4 is 5.43 Å². The molecule has 0 aliphatic carbocycles. The van der Waals surface area contributed by atoms with Crippen LogP contribution in [0.1, 0.15) is 0 Å². The molecule has 17 heavy (non-hydrogen) atoms. The summed E-state index contributed by atoms with van der Waals surface area (Å²) in [6.45, 7) is 0. The standard InChI is InChI=1S/C11H4Br3NOS/c12-7-8(13)11(14)15-9(7)10(16)5-3-1-2-4-6(5)17-15/h1-4H. The predicted octanol–water partition coefficient (Wildman–Crippen LogP) is 4.80. The highest BCUT2D eigenvalue weighted by Crippen LogP contribution is 2.37. The lowest BCUT2D eigenvalue weighted by atomic mass is 10.2. The maximum absolute atomic E-state index is 12.4. The third-order valence-electron chi connectivity index (χ3n) is 2.50. The van der Waals surface area contributed by atoms with Crippen LogP contribution in [0.25, 0.3) is 15.6 Å². The van der Waals surface area contributed by atoms with E-state index in [1.54, 1.807) is 0 Å². The third kappa shape index (κ3) is 1.65. The fourth-order valence-electron chi connectivity index (χ4n) is 1.71. The maximum atomic E-state index is 12.4. The first-order valence-electron chi connectivity index (χ1n) is 4.68. The van der Waals surface area contributed by atoms with Crippen molar-refractivity contribution >= 4 is 74.9 Å². The van der Waals surface area contributed by atoms with Crippen molar-refractivity contribution in [3.05, 3.63) is 48.0 Å². The van der Waals surface area contributed by atoms with Gasteiger partial charge in [0, 0.05) is 5.39 Å². The molecular weight excluding hydrogens is 434 g/mol. The SMILES string of the molecule is O=c1c2ccccc2sn2c(Br)c(Br)c(Br)c12. The Morgan fingerprint density at radius 2 is 1.76 bits per heavy atom. The van der Waals surface area contributed by atoms with Gasteiger partial charge in [0.15, 0.2) is 0 Å². The minimum Gasteiger partial charge on any atom is -0.287 e. The Balaban J connectivity index is 2.70. The van der Waals surface area contributed by atoms with Gasteiger partial charge in [-0.1, -0.05) is 23.7 Å². The van der Waals surface area contributed by atoms with Crippen LogP contribution in [0.4, 0.5) is 0 Å². The summed E-state index contributed by atoms with van der Waals surface area (Å²) in [7, 11) is 0. The fourth-order valence-corrected chi connectivity index (χ4v) is 4.74. The number of rotatable bonds is 0. The van der Waals surface area contributed by atoms with E-state index >= 15 is 0 Å². The average molecular weight is 438 g/mol. The zero-order valence-electron chi connectivity index (χ0n) is 8.21. The molecule has 0 spiro atoms. The molecule has 0 unspecified atom stereocenters. The van der Waals surface area contributed by atoms with E-state index in [2.05, 4.69) is 47.8 Å². The van der Waals surface area contributed by atoms with Gasteiger partial charge >= 0.3 is 0 Å². The second-order valence-electron chi connectivity index (χ2n) is 3.48. The van der Waals surface area contributed by atoms with Gasteiger partial charge in [-0.05, 0) is 59.9 Å². The second-order valence-corrected chi connectivity index (χ2v) is 6.80. The van der Waals surface area contributed by atoms with Crippen LogP contribution in [-0.4, -0.2) is 3.79 Å². The summed E-state index contributed by atoms with van der Waals surface area (Å²) < 4.78 is 5.37. The van der Waals surface area contributed by atoms with Gasteiger partial charge in [0.1, 0.15) is 10.1 Å². The van der Waals surface area contributed by atoms with Gasteiger partial charge in [0.25, 0.3) is 0 Å². The van der Waals surface area contributed by atoms with E-state index in [4.69, 9.17) is 0 Å². The molecule has 0 fully saturated rings. The topological polar surface area (TPSA) is 21.5 Å². The number of halogens is 3. The van der Waals surface area contributed by atoms with E-state index in [0.717, 1.165) is 23.6 Å². The zero-order valence-corrected chi connectivity index (χ0v) is 13.8. The van der Waals surface area contributed by atoms with Gasteiger partial charge in [-0.15, -0.1) is 0 Å². The van der Waals surface area contributed by atoms with E-state index in [1.165, 1.54) is 11.5 Å². The summed E-state index contributed by atoms with van der Waals surface area (Å²) in [4.78, 5) is 12.4. The number of nitrogens with zero attached hydrogens (tertiary/aromatic N) is 1. The van der Waals surface area contributed by atoms with Gasteiger partial charge in [0.2, 0.25) is 5.43 Å². The summed E-state index contributed by atoms with van der Waals surface area (Å²) in [5, 5.41) is 0.753. The van der Waals surface area contributed by atoms with Gasteiger partial charge in [0.05, 0.1) is 13.6 Å². The molecule has 0 bridgehead atoms. The minimum atomic E-state index is 0.0395. The summed E-state index contributed by atoms with van der Waals surface area (Å²) in [6, 6.07) is 7.63. The fraction of sp³-hybridized carbons (Fsp3) is 0. The first-order chi connectivity index (χ1) is 8.11. The van der Waals surface area contributed by atoms with Gasteiger partial charge in [-0.3, -0.25) is 8.58 Å². The molecule has 0 aliphatic heterocycles. The molecule has 6 heteroatoms. The third-order valence-corrected chi connectivity index (χ3v) is 7.19. The molecule has 0 atom stereocenters. The Morgan fingerprint density at radius 3 is 2.53 bits per heavy atom. The quantitative estimate of drug-likeness (QED) is 0.495. The highest BCUT2D eigenvalue weighted by Gasteiger charge is 2.17. The van der Waals surface area contributed by atoms with Crippen molar-refractivity contribution < 1.29 is 0 Å². The smallest absolute Gasteiger partial charge is 0.213 e. The predicted molar refractivity (Wildman–Crippen MR) is 82.2 cm³/mol. The van der Waals surface area contributed by atoms with E-state index < -0.39 is 0 Å². The lowest BCUT2D eigenvalue weighted by Crippen LogP contribution is -2.03. The second kappa shape index (κ2) is 4.19. The largest absolute Gasteiger partial charge is 0.287 e. The number of hydrogen-bond donors (Lipinski definition) is 0. The van der Waals surface area contributed by atoms with E-state index in [0.29, 0.717) is 5.52 Å². The van der Waals surface area contributed by atoms with E-state index in [9.17, 15) is 4.79 Å². The first kappa shape index (κ1) is 11.9. The van der Waals surface area contributed by atoms with Gasteiger partial charge in [-0.25, -0.2) is 0 Å². The summed E-state index contributed by atoms with van der Waals surface area (Å²) in [6.07, 6.45) is 0. The minimum absolute atomic E-state index is 0.0395. The van der Waals surface area contributed by atoms with Crippen LogP contribution in [-0.2, 0) is 0 Å². The van der Waals surface area contributed by atoms with E-state index in [-0.39, 0.29) is 5.43 Å². The lowest BCUT2D eigenvalue weighted by molar-refractivity contribution is 1.31. The highest BCUT2D eigenvalue weighted by atomic mass is 79.9. The summed E-state index contributed by atoms with van der Waals surface area (Å²) in [5.41, 5.74) is 0.699. The molecule has 86 valence electrons. The Bertz CT molecular complexity index is 806. The van der Waals surface area contributed by atoms with Crippen molar-refractivity contribution in [1.29, 1.82) is 0 Å². The molecule has 1 aromatic carbocycles. The average Bonchev–Trinajstić information content (AvgIpc) is 2.55. The van der Waals surface area contributed by atoms with Crippen molar-refractivity contribution in [1.82, 2.24) is 3.79 Å². The van der Waals surface area contributed by atoms with Crippen molar-refractivity contribution in [2.45, 2.75) is 0 Å². The molecule has 0 amide bonds. The summed E-state index contributed by atoms with van der Waals surface area (Å²) >= 11 is 11.9. The highest BCUT2D eigenvalue weighted by molar-refractivity contribution is 9.14. The number of benzene rings is 1. The Morgan fingerprint density at radius 1 is 1.06 bits per heavy atom. The zero-order chi connectivity index (χ0) is 12.2. The van der Waals surface area contributed by atoms with Crippen LogP contribution in [0.5, 0.6) is 0 Å². The lowest BCUT2D eigenvalue weighted by Gasteiger charge is -1.99. The van der Waals surface area contributed by atoms with Crippen molar-refractivity contribution in [2.75, 3.05) is 0 Å². The molecule has 0 saturated carbocycles. The molecule has 2 nitrogen and oxygen atoms in total. The van der Waals surface area contributed by atoms with Crippen molar-refractivity contribution in [2.24, 2.45) is 0 Å². The van der Waals surface area contributed by atoms with Crippen LogP contribution in [0, 0.1) is 0 Å². The molecule has 0 radical (unpaired) electrons. The number of hydrogen-bond acceptors (Lipinski definition) is 2. The normalized spacial score (nSPS) is 11.5. The van der Waals surface area contributed by atoms with Crippen molar-refractivity contribution in [3.63, 3.8) is 0 Å². The van der Waals surface area contributed by atoms with Crippen LogP contribution in [0.15, 0.2) is 42.6 Å². The molecule has 2 aromatic heterocycles. The summed E-state index contributed by atoms with van der Waals surface area (Å²) in [5.74, 6) is 0. The number of aromatic nitrogens is 1. The molecule has 2 heterocycles. The van der Waals surface area contributed by atoms with Crippen LogP contribution >= 0.6 is 59.3 Å².